The highest BCUT2D eigenvalue weighted by Gasteiger charge is 2.12. The number of amides is 1. The molecule has 4 rings (SSSR count). The molecule has 0 saturated heterocycles. The highest BCUT2D eigenvalue weighted by Crippen LogP contribution is 2.32. The Morgan fingerprint density at radius 2 is 1.84 bits per heavy atom. The lowest BCUT2D eigenvalue weighted by Crippen LogP contribution is -2.13. The van der Waals surface area contributed by atoms with Crippen LogP contribution in [-0.2, 0) is 11.2 Å². The molecule has 0 radical (unpaired) electrons. The number of anilines is 1. The Hall–Kier alpha value is -3.09. The number of halogens is 2. The molecule has 0 aliphatic carbocycles. The van der Waals surface area contributed by atoms with Crippen molar-refractivity contribution in [2.75, 3.05) is 5.32 Å². The van der Waals surface area contributed by atoms with Crippen molar-refractivity contribution in [1.82, 2.24) is 4.98 Å². The normalized spacial score (nSPS) is 10.6. The number of carbonyl (C=O) groups excluding carboxylic acids is 1. The molecule has 1 heterocycles. The average Bonchev–Trinajstić information content (AvgIpc) is 3.25. The standard InChI is InChI=1S/C24H18BrClN2O3/c25-17-8-6-16(7-9-17)22-15-27-24(31-22)13-12-23(29)28-20-14-18(26)10-11-21(20)30-19-4-2-1-3-5-19/h1-11,14-15H,12-13H2,(H,28,29). The average molecular weight is 498 g/mol. The molecule has 5 nitrogen and oxygen atoms in total. The zero-order valence-corrected chi connectivity index (χ0v) is 18.7. The molecular formula is C24H18BrClN2O3. The van der Waals surface area contributed by atoms with E-state index in [1.165, 1.54) is 0 Å². The van der Waals surface area contributed by atoms with Crippen LogP contribution >= 0.6 is 27.5 Å². The minimum absolute atomic E-state index is 0.191. The maximum absolute atomic E-state index is 12.5. The molecule has 0 fully saturated rings. The van der Waals surface area contributed by atoms with E-state index in [1.54, 1.807) is 24.4 Å². The first-order valence-electron chi connectivity index (χ1n) is 9.60. The van der Waals surface area contributed by atoms with Gasteiger partial charge in [0, 0.05) is 27.9 Å². The van der Waals surface area contributed by atoms with Gasteiger partial charge in [0.15, 0.2) is 17.4 Å². The van der Waals surface area contributed by atoms with Gasteiger partial charge in [0.1, 0.15) is 5.75 Å². The van der Waals surface area contributed by atoms with E-state index < -0.39 is 0 Å². The van der Waals surface area contributed by atoms with E-state index in [9.17, 15) is 4.79 Å². The first kappa shape index (κ1) is 21.2. The fraction of sp³-hybridized carbons (Fsp3) is 0.0833. The first-order chi connectivity index (χ1) is 15.1. The topological polar surface area (TPSA) is 64.4 Å². The molecule has 0 spiro atoms. The first-order valence-corrected chi connectivity index (χ1v) is 10.8. The van der Waals surface area contributed by atoms with Crippen molar-refractivity contribution in [3.63, 3.8) is 0 Å². The number of carbonyl (C=O) groups is 1. The summed E-state index contributed by atoms with van der Waals surface area (Å²) in [6, 6.07) is 22.2. The van der Waals surface area contributed by atoms with Gasteiger partial charge >= 0.3 is 0 Å². The molecule has 0 atom stereocenters. The molecular weight excluding hydrogens is 480 g/mol. The molecule has 0 unspecified atom stereocenters. The van der Waals surface area contributed by atoms with Crippen LogP contribution in [0.15, 0.2) is 87.9 Å². The van der Waals surface area contributed by atoms with Crippen LogP contribution in [0.2, 0.25) is 5.02 Å². The minimum atomic E-state index is -0.191. The maximum atomic E-state index is 12.5. The van der Waals surface area contributed by atoms with E-state index in [1.807, 2.05) is 54.6 Å². The Labute approximate surface area is 193 Å². The number of aryl methyl sites for hydroxylation is 1. The third-order valence-corrected chi connectivity index (χ3v) is 5.20. The number of benzene rings is 3. The second kappa shape index (κ2) is 9.81. The molecule has 3 aromatic carbocycles. The number of hydrogen-bond donors (Lipinski definition) is 1. The Kier molecular flexibility index (Phi) is 6.70. The van der Waals surface area contributed by atoms with E-state index in [0.29, 0.717) is 40.3 Å². The highest BCUT2D eigenvalue weighted by atomic mass is 79.9. The van der Waals surface area contributed by atoms with Gasteiger partial charge in [0.05, 0.1) is 11.9 Å². The predicted octanol–water partition coefficient (Wildman–Crippen LogP) is 7.12. The third kappa shape index (κ3) is 5.75. The van der Waals surface area contributed by atoms with Gasteiger partial charge in [-0.2, -0.15) is 0 Å². The Morgan fingerprint density at radius 3 is 2.61 bits per heavy atom. The van der Waals surface area contributed by atoms with Crippen molar-refractivity contribution in [3.8, 4) is 22.8 Å². The van der Waals surface area contributed by atoms with Crippen LogP contribution < -0.4 is 10.1 Å². The number of oxazole rings is 1. The minimum Gasteiger partial charge on any atom is -0.455 e. The lowest BCUT2D eigenvalue weighted by molar-refractivity contribution is -0.116. The van der Waals surface area contributed by atoms with Crippen molar-refractivity contribution in [3.05, 3.63) is 94.4 Å². The highest BCUT2D eigenvalue weighted by molar-refractivity contribution is 9.10. The SMILES string of the molecule is O=C(CCc1ncc(-c2ccc(Br)cc2)o1)Nc1cc(Cl)ccc1Oc1ccccc1. The quantitative estimate of drug-likeness (QED) is 0.295. The van der Waals surface area contributed by atoms with Gasteiger partial charge in [-0.15, -0.1) is 0 Å². The number of rotatable bonds is 7. The summed E-state index contributed by atoms with van der Waals surface area (Å²) in [6.45, 7) is 0. The number of para-hydroxylation sites is 1. The van der Waals surface area contributed by atoms with Crippen LogP contribution in [0.25, 0.3) is 11.3 Å². The molecule has 156 valence electrons. The van der Waals surface area contributed by atoms with Crippen LogP contribution in [0.5, 0.6) is 11.5 Å². The molecule has 0 saturated carbocycles. The number of aromatic nitrogens is 1. The third-order valence-electron chi connectivity index (χ3n) is 4.43. The second-order valence-electron chi connectivity index (χ2n) is 6.73. The summed E-state index contributed by atoms with van der Waals surface area (Å²) in [4.78, 5) is 16.8. The number of nitrogens with zero attached hydrogens (tertiary/aromatic N) is 1. The zero-order chi connectivity index (χ0) is 21.6. The molecule has 31 heavy (non-hydrogen) atoms. The molecule has 0 aliphatic heterocycles. The predicted molar refractivity (Wildman–Crippen MR) is 125 cm³/mol. The molecule has 0 aliphatic rings. The van der Waals surface area contributed by atoms with Crippen LogP contribution in [0.4, 0.5) is 5.69 Å². The Bertz CT molecular complexity index is 1180. The van der Waals surface area contributed by atoms with E-state index in [0.717, 1.165) is 10.0 Å². The van der Waals surface area contributed by atoms with Crippen LogP contribution in [0.1, 0.15) is 12.3 Å². The van der Waals surface area contributed by atoms with Gasteiger partial charge in [-0.3, -0.25) is 4.79 Å². The number of ether oxygens (including phenoxy) is 1. The smallest absolute Gasteiger partial charge is 0.224 e. The van der Waals surface area contributed by atoms with Crippen molar-refractivity contribution in [2.45, 2.75) is 12.8 Å². The van der Waals surface area contributed by atoms with Crippen LogP contribution in [-0.4, -0.2) is 10.9 Å². The summed E-state index contributed by atoms with van der Waals surface area (Å²) in [5.41, 5.74) is 1.43. The summed E-state index contributed by atoms with van der Waals surface area (Å²) in [5.74, 6) is 2.15. The Balaban J connectivity index is 1.39. The van der Waals surface area contributed by atoms with E-state index in [-0.39, 0.29) is 12.3 Å². The molecule has 1 aromatic heterocycles. The lowest BCUT2D eigenvalue weighted by Gasteiger charge is -2.12. The van der Waals surface area contributed by atoms with E-state index in [2.05, 4.69) is 26.2 Å². The number of nitrogens with one attached hydrogen (secondary N) is 1. The van der Waals surface area contributed by atoms with Crippen LogP contribution in [0, 0.1) is 0 Å². The van der Waals surface area contributed by atoms with Gasteiger partial charge in [0.25, 0.3) is 0 Å². The van der Waals surface area contributed by atoms with Gasteiger partial charge in [-0.25, -0.2) is 4.98 Å². The van der Waals surface area contributed by atoms with Crippen molar-refractivity contribution >= 4 is 39.1 Å². The van der Waals surface area contributed by atoms with Gasteiger partial charge in [0.2, 0.25) is 5.91 Å². The van der Waals surface area contributed by atoms with Crippen molar-refractivity contribution in [1.29, 1.82) is 0 Å². The molecule has 7 heteroatoms. The van der Waals surface area contributed by atoms with Crippen LogP contribution in [0.3, 0.4) is 0 Å². The van der Waals surface area contributed by atoms with Gasteiger partial charge in [-0.05, 0) is 42.5 Å². The maximum Gasteiger partial charge on any atom is 0.224 e. The monoisotopic (exact) mass is 496 g/mol. The summed E-state index contributed by atoms with van der Waals surface area (Å²) >= 11 is 9.52. The fourth-order valence-corrected chi connectivity index (χ4v) is 3.35. The van der Waals surface area contributed by atoms with Gasteiger partial charge in [-0.1, -0.05) is 57.9 Å². The molecule has 4 aromatic rings. The largest absolute Gasteiger partial charge is 0.455 e. The van der Waals surface area contributed by atoms with Gasteiger partial charge < -0.3 is 14.5 Å². The van der Waals surface area contributed by atoms with Crippen molar-refractivity contribution < 1.29 is 13.9 Å². The molecule has 1 amide bonds. The summed E-state index contributed by atoms with van der Waals surface area (Å²) in [5, 5.41) is 3.37. The second-order valence-corrected chi connectivity index (χ2v) is 8.08. The Morgan fingerprint density at radius 1 is 1.06 bits per heavy atom. The fourth-order valence-electron chi connectivity index (χ4n) is 2.91. The summed E-state index contributed by atoms with van der Waals surface area (Å²) in [7, 11) is 0. The lowest BCUT2D eigenvalue weighted by atomic mass is 10.2. The van der Waals surface area contributed by atoms with Crippen molar-refractivity contribution in [2.24, 2.45) is 0 Å². The van der Waals surface area contributed by atoms with E-state index >= 15 is 0 Å². The zero-order valence-electron chi connectivity index (χ0n) is 16.3. The summed E-state index contributed by atoms with van der Waals surface area (Å²) < 4.78 is 12.7. The summed E-state index contributed by atoms with van der Waals surface area (Å²) in [6.07, 6.45) is 2.24. The molecule has 0 bridgehead atoms. The van der Waals surface area contributed by atoms with E-state index in [4.69, 9.17) is 20.8 Å². The molecule has 1 N–H and O–H groups in total. The number of hydrogen-bond acceptors (Lipinski definition) is 4.